The van der Waals surface area contributed by atoms with Crippen LogP contribution in [0.25, 0.3) is 11.1 Å². The van der Waals surface area contributed by atoms with E-state index in [9.17, 15) is 4.79 Å². The van der Waals surface area contributed by atoms with Crippen LogP contribution in [0.15, 0.2) is 42.5 Å². The lowest BCUT2D eigenvalue weighted by Crippen LogP contribution is -2.19. The predicted molar refractivity (Wildman–Crippen MR) is 82.7 cm³/mol. The first kappa shape index (κ1) is 15.2. The van der Waals surface area contributed by atoms with Crippen molar-refractivity contribution >= 4 is 17.5 Å². The summed E-state index contributed by atoms with van der Waals surface area (Å²) in [5.41, 5.74) is 6.83. The van der Waals surface area contributed by atoms with Crippen LogP contribution in [0, 0.1) is 0 Å². The van der Waals surface area contributed by atoms with Gasteiger partial charge in [0.1, 0.15) is 11.5 Å². The topological polar surface area (TPSA) is 61.6 Å². The highest BCUT2D eigenvalue weighted by Gasteiger charge is 2.08. The number of halogens is 1. The molecule has 0 aromatic heterocycles. The fourth-order valence-corrected chi connectivity index (χ4v) is 2.09. The molecule has 4 nitrogen and oxygen atoms in total. The third-order valence-corrected chi connectivity index (χ3v) is 3.00. The summed E-state index contributed by atoms with van der Waals surface area (Å²) < 4.78 is 10.9. The molecule has 2 rings (SSSR count). The van der Waals surface area contributed by atoms with E-state index in [1.165, 1.54) is 0 Å². The average molecular weight is 306 g/mol. The summed E-state index contributed by atoms with van der Waals surface area (Å²) in [4.78, 5) is 10.8. The largest absolute Gasteiger partial charge is 0.493 e. The van der Waals surface area contributed by atoms with E-state index in [1.54, 1.807) is 12.1 Å². The van der Waals surface area contributed by atoms with Crippen LogP contribution in [0.1, 0.15) is 6.92 Å². The first-order valence-corrected chi connectivity index (χ1v) is 6.92. The van der Waals surface area contributed by atoms with E-state index in [1.807, 2.05) is 37.3 Å². The van der Waals surface area contributed by atoms with Crippen LogP contribution in [-0.4, -0.2) is 19.1 Å². The van der Waals surface area contributed by atoms with Crippen LogP contribution < -0.4 is 15.2 Å². The Hall–Kier alpha value is -2.20. The summed E-state index contributed by atoms with van der Waals surface area (Å²) in [5, 5.41) is 0.622. The highest BCUT2D eigenvalue weighted by molar-refractivity contribution is 6.31. The van der Waals surface area contributed by atoms with Crippen LogP contribution in [0.5, 0.6) is 11.5 Å². The number of rotatable bonds is 6. The fraction of sp³-hybridized carbons (Fsp3) is 0.188. The van der Waals surface area contributed by atoms with E-state index in [-0.39, 0.29) is 6.61 Å². The van der Waals surface area contributed by atoms with E-state index in [0.29, 0.717) is 17.4 Å². The maximum atomic E-state index is 10.8. The van der Waals surface area contributed by atoms with Crippen molar-refractivity contribution in [3.8, 4) is 22.6 Å². The van der Waals surface area contributed by atoms with Gasteiger partial charge in [-0.1, -0.05) is 23.7 Å². The third kappa shape index (κ3) is 4.13. The number of hydrogen-bond acceptors (Lipinski definition) is 3. The molecule has 0 saturated heterocycles. The van der Waals surface area contributed by atoms with Crippen LogP contribution >= 0.6 is 11.6 Å². The molecule has 0 saturated carbocycles. The van der Waals surface area contributed by atoms with Gasteiger partial charge >= 0.3 is 0 Å². The van der Waals surface area contributed by atoms with Gasteiger partial charge in [-0.25, -0.2) is 0 Å². The summed E-state index contributed by atoms with van der Waals surface area (Å²) in [6, 6.07) is 12.8. The molecule has 110 valence electrons. The minimum atomic E-state index is -0.516. The van der Waals surface area contributed by atoms with Crippen molar-refractivity contribution in [2.75, 3.05) is 13.2 Å². The Balaban J connectivity index is 2.35. The molecule has 5 heteroatoms. The van der Waals surface area contributed by atoms with E-state index in [2.05, 4.69) is 0 Å². The standard InChI is InChI=1S/C16H16ClNO3/c1-2-20-15-7-6-12(17)9-14(15)11-4-3-5-13(8-11)21-10-16(18)19/h3-9H,2,10H2,1H3,(H2,18,19). The SMILES string of the molecule is CCOc1ccc(Cl)cc1-c1cccc(OCC(N)=O)c1. The Labute approximate surface area is 128 Å². The molecule has 0 heterocycles. The van der Waals surface area contributed by atoms with Gasteiger partial charge in [0.15, 0.2) is 6.61 Å². The summed E-state index contributed by atoms with van der Waals surface area (Å²) in [7, 11) is 0. The van der Waals surface area contributed by atoms with E-state index < -0.39 is 5.91 Å². The summed E-state index contributed by atoms with van der Waals surface area (Å²) in [5.74, 6) is 0.792. The minimum absolute atomic E-state index is 0.155. The van der Waals surface area contributed by atoms with E-state index >= 15 is 0 Å². The Morgan fingerprint density at radius 3 is 2.71 bits per heavy atom. The number of benzene rings is 2. The molecule has 0 radical (unpaired) electrons. The van der Waals surface area contributed by atoms with Gasteiger partial charge in [-0.15, -0.1) is 0 Å². The van der Waals surface area contributed by atoms with E-state index in [0.717, 1.165) is 16.9 Å². The van der Waals surface area contributed by atoms with Gasteiger partial charge in [0.2, 0.25) is 0 Å². The molecule has 0 aliphatic carbocycles. The maximum Gasteiger partial charge on any atom is 0.255 e. The predicted octanol–water partition coefficient (Wildman–Crippen LogP) is 3.27. The molecule has 1 amide bonds. The Morgan fingerprint density at radius 2 is 2.00 bits per heavy atom. The van der Waals surface area contributed by atoms with Gasteiger partial charge in [-0.3, -0.25) is 4.79 Å². The number of primary amides is 1. The minimum Gasteiger partial charge on any atom is -0.493 e. The number of carbonyl (C=O) groups is 1. The molecule has 2 N–H and O–H groups in total. The van der Waals surface area contributed by atoms with Crippen molar-refractivity contribution in [3.63, 3.8) is 0 Å². The van der Waals surface area contributed by atoms with Gasteiger partial charge in [0, 0.05) is 10.6 Å². The molecule has 2 aromatic rings. The van der Waals surface area contributed by atoms with Crippen LogP contribution in [0.3, 0.4) is 0 Å². The Kier molecular flexibility index (Phi) is 5.06. The van der Waals surface area contributed by atoms with Gasteiger partial charge < -0.3 is 15.2 Å². The lowest BCUT2D eigenvalue weighted by molar-refractivity contribution is -0.119. The van der Waals surface area contributed by atoms with Crippen LogP contribution in [0.2, 0.25) is 5.02 Å². The van der Waals surface area contributed by atoms with Gasteiger partial charge in [0.25, 0.3) is 5.91 Å². The molecular weight excluding hydrogens is 290 g/mol. The lowest BCUT2D eigenvalue weighted by Gasteiger charge is -2.12. The lowest BCUT2D eigenvalue weighted by atomic mass is 10.0. The normalized spacial score (nSPS) is 10.2. The molecule has 0 unspecified atom stereocenters. The second kappa shape index (κ2) is 6.99. The average Bonchev–Trinajstić information content (AvgIpc) is 2.47. The fourth-order valence-electron chi connectivity index (χ4n) is 1.92. The first-order chi connectivity index (χ1) is 10.1. The number of nitrogens with two attached hydrogens (primary N) is 1. The second-order valence-corrected chi connectivity index (χ2v) is 4.79. The molecule has 0 bridgehead atoms. The summed E-state index contributed by atoms with van der Waals surface area (Å²) in [6.07, 6.45) is 0. The van der Waals surface area contributed by atoms with Gasteiger partial charge in [0.05, 0.1) is 6.61 Å². The van der Waals surface area contributed by atoms with E-state index in [4.69, 9.17) is 26.8 Å². The highest BCUT2D eigenvalue weighted by Crippen LogP contribution is 2.34. The Bertz CT molecular complexity index is 643. The summed E-state index contributed by atoms with van der Waals surface area (Å²) in [6.45, 7) is 2.33. The van der Waals surface area contributed by atoms with Crippen molar-refractivity contribution in [1.82, 2.24) is 0 Å². The quantitative estimate of drug-likeness (QED) is 0.891. The molecule has 0 atom stereocenters. The summed E-state index contributed by atoms with van der Waals surface area (Å²) >= 11 is 6.06. The number of amides is 1. The maximum absolute atomic E-state index is 10.8. The molecule has 21 heavy (non-hydrogen) atoms. The zero-order chi connectivity index (χ0) is 15.2. The number of carbonyl (C=O) groups excluding carboxylic acids is 1. The first-order valence-electron chi connectivity index (χ1n) is 6.54. The Morgan fingerprint density at radius 1 is 1.19 bits per heavy atom. The molecule has 0 aliphatic heterocycles. The molecule has 0 spiro atoms. The molecule has 2 aromatic carbocycles. The van der Waals surface area contributed by atoms with Crippen molar-refractivity contribution < 1.29 is 14.3 Å². The van der Waals surface area contributed by atoms with Crippen molar-refractivity contribution in [2.45, 2.75) is 6.92 Å². The zero-order valence-corrected chi connectivity index (χ0v) is 12.4. The zero-order valence-electron chi connectivity index (χ0n) is 11.6. The second-order valence-electron chi connectivity index (χ2n) is 4.36. The van der Waals surface area contributed by atoms with Crippen LogP contribution in [0.4, 0.5) is 0 Å². The highest BCUT2D eigenvalue weighted by atomic mass is 35.5. The third-order valence-electron chi connectivity index (χ3n) is 2.77. The van der Waals surface area contributed by atoms with Crippen LogP contribution in [-0.2, 0) is 4.79 Å². The van der Waals surface area contributed by atoms with Gasteiger partial charge in [-0.05, 0) is 42.8 Å². The number of ether oxygens (including phenoxy) is 2. The molecule has 0 fully saturated rings. The number of hydrogen-bond donors (Lipinski definition) is 1. The molecule has 0 aliphatic rings. The monoisotopic (exact) mass is 305 g/mol. The van der Waals surface area contributed by atoms with Crippen molar-refractivity contribution in [2.24, 2.45) is 5.73 Å². The van der Waals surface area contributed by atoms with Crippen molar-refractivity contribution in [1.29, 1.82) is 0 Å². The smallest absolute Gasteiger partial charge is 0.255 e. The van der Waals surface area contributed by atoms with Gasteiger partial charge in [-0.2, -0.15) is 0 Å². The van der Waals surface area contributed by atoms with Crippen molar-refractivity contribution in [3.05, 3.63) is 47.5 Å². The molecular formula is C16H16ClNO3.